The predicted octanol–water partition coefficient (Wildman–Crippen LogP) is 3.86. The molecule has 0 aliphatic heterocycles. The highest BCUT2D eigenvalue weighted by atomic mass is 16.5. The van der Waals surface area contributed by atoms with Crippen molar-refractivity contribution in [3.63, 3.8) is 0 Å². The maximum atomic E-state index is 6.17. The summed E-state index contributed by atoms with van der Waals surface area (Å²) in [5, 5.41) is 0. The molecule has 0 aromatic heterocycles. The van der Waals surface area contributed by atoms with Crippen LogP contribution in [-0.2, 0) is 0 Å². The Bertz CT molecular complexity index is 551. The van der Waals surface area contributed by atoms with Gasteiger partial charge in [0.1, 0.15) is 18.1 Å². The predicted molar refractivity (Wildman–Crippen MR) is 85.8 cm³/mol. The Morgan fingerprint density at radius 2 is 1.76 bits per heavy atom. The van der Waals surface area contributed by atoms with E-state index in [0.29, 0.717) is 6.61 Å². The van der Waals surface area contributed by atoms with Crippen LogP contribution >= 0.6 is 0 Å². The van der Waals surface area contributed by atoms with E-state index in [1.165, 1.54) is 5.56 Å². The van der Waals surface area contributed by atoms with Crippen molar-refractivity contribution < 1.29 is 9.47 Å². The van der Waals surface area contributed by atoms with E-state index in [4.69, 9.17) is 15.2 Å². The molecular formula is C18H23NO2. The third-order valence-electron chi connectivity index (χ3n) is 3.20. The molecule has 0 spiro atoms. The van der Waals surface area contributed by atoms with Gasteiger partial charge in [-0.05, 0) is 48.7 Å². The molecule has 0 bridgehead atoms. The van der Waals surface area contributed by atoms with Crippen molar-refractivity contribution in [2.45, 2.75) is 26.3 Å². The average molecular weight is 285 g/mol. The zero-order chi connectivity index (χ0) is 15.1. The molecular weight excluding hydrogens is 262 g/mol. The van der Waals surface area contributed by atoms with Gasteiger partial charge >= 0.3 is 0 Å². The smallest absolute Gasteiger partial charge is 0.119 e. The maximum absolute atomic E-state index is 6.17. The lowest BCUT2D eigenvalue weighted by atomic mass is 10.1. The summed E-state index contributed by atoms with van der Waals surface area (Å²) >= 11 is 0. The fourth-order valence-electron chi connectivity index (χ4n) is 2.02. The standard InChI is InChI=1S/C18H23NO2/c1-3-11-20-16-9-7-15(8-10-16)18(19)13-21-17-6-4-5-14(2)12-17/h4-10,12,18H,3,11,13,19H2,1-2H3. The molecule has 0 saturated heterocycles. The minimum Gasteiger partial charge on any atom is -0.494 e. The van der Waals surface area contributed by atoms with E-state index < -0.39 is 0 Å². The average Bonchev–Trinajstić information content (AvgIpc) is 2.51. The largest absolute Gasteiger partial charge is 0.494 e. The summed E-state index contributed by atoms with van der Waals surface area (Å²) in [5.74, 6) is 1.74. The van der Waals surface area contributed by atoms with Gasteiger partial charge in [0.25, 0.3) is 0 Å². The van der Waals surface area contributed by atoms with Crippen LogP contribution in [0.2, 0.25) is 0 Å². The minimum absolute atomic E-state index is 0.147. The second-order valence-corrected chi connectivity index (χ2v) is 5.15. The molecule has 0 heterocycles. The Morgan fingerprint density at radius 1 is 1.00 bits per heavy atom. The highest BCUT2D eigenvalue weighted by Gasteiger charge is 2.07. The van der Waals surface area contributed by atoms with Gasteiger partial charge in [-0.3, -0.25) is 0 Å². The van der Waals surface area contributed by atoms with E-state index in [1.54, 1.807) is 0 Å². The van der Waals surface area contributed by atoms with Crippen LogP contribution in [0.15, 0.2) is 48.5 Å². The molecule has 3 nitrogen and oxygen atoms in total. The molecule has 1 unspecified atom stereocenters. The molecule has 0 radical (unpaired) electrons. The number of ether oxygens (including phenoxy) is 2. The zero-order valence-corrected chi connectivity index (χ0v) is 12.7. The lowest BCUT2D eigenvalue weighted by molar-refractivity contribution is 0.290. The zero-order valence-electron chi connectivity index (χ0n) is 12.7. The first-order valence-electron chi connectivity index (χ1n) is 7.37. The molecule has 1 atom stereocenters. The second-order valence-electron chi connectivity index (χ2n) is 5.15. The Morgan fingerprint density at radius 3 is 2.43 bits per heavy atom. The van der Waals surface area contributed by atoms with Crippen LogP contribution in [0.3, 0.4) is 0 Å². The van der Waals surface area contributed by atoms with Gasteiger partial charge < -0.3 is 15.2 Å². The summed E-state index contributed by atoms with van der Waals surface area (Å²) < 4.78 is 11.3. The van der Waals surface area contributed by atoms with E-state index in [0.717, 1.165) is 30.1 Å². The van der Waals surface area contributed by atoms with E-state index in [-0.39, 0.29) is 6.04 Å². The van der Waals surface area contributed by atoms with Crippen molar-refractivity contribution in [2.24, 2.45) is 5.73 Å². The van der Waals surface area contributed by atoms with Crippen LogP contribution in [0.1, 0.15) is 30.5 Å². The molecule has 2 N–H and O–H groups in total. The highest BCUT2D eigenvalue weighted by Crippen LogP contribution is 2.19. The van der Waals surface area contributed by atoms with Crippen molar-refractivity contribution in [3.05, 3.63) is 59.7 Å². The van der Waals surface area contributed by atoms with E-state index >= 15 is 0 Å². The lowest BCUT2D eigenvalue weighted by Gasteiger charge is -2.14. The van der Waals surface area contributed by atoms with Crippen LogP contribution in [0.25, 0.3) is 0 Å². The Balaban J connectivity index is 1.89. The molecule has 0 fully saturated rings. The third kappa shape index (κ3) is 4.80. The first-order chi connectivity index (χ1) is 10.2. The summed E-state index contributed by atoms with van der Waals surface area (Å²) in [6.45, 7) is 5.33. The number of hydrogen-bond donors (Lipinski definition) is 1. The summed E-state index contributed by atoms with van der Waals surface area (Å²) in [7, 11) is 0. The van der Waals surface area contributed by atoms with Gasteiger partial charge in [-0.2, -0.15) is 0 Å². The topological polar surface area (TPSA) is 44.5 Å². The molecule has 0 aliphatic carbocycles. The van der Waals surface area contributed by atoms with E-state index in [9.17, 15) is 0 Å². The maximum Gasteiger partial charge on any atom is 0.119 e. The van der Waals surface area contributed by atoms with Gasteiger partial charge in [0.15, 0.2) is 0 Å². The van der Waals surface area contributed by atoms with Gasteiger partial charge in [0.05, 0.1) is 12.6 Å². The SMILES string of the molecule is CCCOc1ccc(C(N)COc2cccc(C)c2)cc1. The number of aryl methyl sites for hydroxylation is 1. The van der Waals surface area contributed by atoms with Crippen LogP contribution < -0.4 is 15.2 Å². The van der Waals surface area contributed by atoms with Crippen LogP contribution in [0, 0.1) is 6.92 Å². The van der Waals surface area contributed by atoms with Crippen molar-refractivity contribution in [3.8, 4) is 11.5 Å². The quantitative estimate of drug-likeness (QED) is 0.840. The fourth-order valence-corrected chi connectivity index (χ4v) is 2.02. The molecule has 2 aromatic rings. The highest BCUT2D eigenvalue weighted by molar-refractivity contribution is 5.30. The second kappa shape index (κ2) is 7.70. The number of nitrogens with two attached hydrogens (primary N) is 1. The lowest BCUT2D eigenvalue weighted by Crippen LogP contribution is -2.18. The molecule has 0 saturated carbocycles. The van der Waals surface area contributed by atoms with Crippen LogP contribution in [-0.4, -0.2) is 13.2 Å². The van der Waals surface area contributed by atoms with Gasteiger partial charge in [0.2, 0.25) is 0 Å². The van der Waals surface area contributed by atoms with Gasteiger partial charge in [0, 0.05) is 0 Å². The van der Waals surface area contributed by atoms with Crippen LogP contribution in [0.5, 0.6) is 11.5 Å². The first kappa shape index (κ1) is 15.4. The van der Waals surface area contributed by atoms with Crippen molar-refractivity contribution in [1.29, 1.82) is 0 Å². The first-order valence-corrected chi connectivity index (χ1v) is 7.37. The summed E-state index contributed by atoms with van der Waals surface area (Å²) in [5.41, 5.74) is 8.39. The van der Waals surface area contributed by atoms with Gasteiger partial charge in [-0.1, -0.05) is 31.2 Å². The number of benzene rings is 2. The minimum atomic E-state index is -0.147. The summed E-state index contributed by atoms with van der Waals surface area (Å²) in [6.07, 6.45) is 1.01. The summed E-state index contributed by atoms with van der Waals surface area (Å²) in [6, 6.07) is 15.7. The molecule has 3 heteroatoms. The molecule has 0 amide bonds. The molecule has 21 heavy (non-hydrogen) atoms. The van der Waals surface area contributed by atoms with Gasteiger partial charge in [-0.15, -0.1) is 0 Å². The van der Waals surface area contributed by atoms with Crippen molar-refractivity contribution in [1.82, 2.24) is 0 Å². The van der Waals surface area contributed by atoms with E-state index in [2.05, 4.69) is 6.92 Å². The molecule has 0 aliphatic rings. The number of hydrogen-bond acceptors (Lipinski definition) is 3. The Labute approximate surface area is 126 Å². The monoisotopic (exact) mass is 285 g/mol. The van der Waals surface area contributed by atoms with Crippen LogP contribution in [0.4, 0.5) is 0 Å². The summed E-state index contributed by atoms with van der Waals surface area (Å²) in [4.78, 5) is 0. The molecule has 2 aromatic carbocycles. The molecule has 112 valence electrons. The number of rotatable bonds is 7. The fraction of sp³-hybridized carbons (Fsp3) is 0.333. The Kier molecular flexibility index (Phi) is 5.64. The van der Waals surface area contributed by atoms with Crippen molar-refractivity contribution >= 4 is 0 Å². The van der Waals surface area contributed by atoms with Crippen molar-refractivity contribution in [2.75, 3.05) is 13.2 Å². The normalized spacial score (nSPS) is 12.0. The van der Waals surface area contributed by atoms with E-state index in [1.807, 2.05) is 55.5 Å². The Hall–Kier alpha value is -2.00. The third-order valence-corrected chi connectivity index (χ3v) is 3.20. The molecule has 2 rings (SSSR count). The van der Waals surface area contributed by atoms with Gasteiger partial charge in [-0.25, -0.2) is 0 Å².